The van der Waals surface area contributed by atoms with E-state index < -0.39 is 32.6 Å². The first kappa shape index (κ1) is 26.1. The third-order valence-corrected chi connectivity index (χ3v) is 6.03. The summed E-state index contributed by atoms with van der Waals surface area (Å²) in [6, 6.07) is 9.83. The number of aryl methyl sites for hydroxylation is 2. The van der Waals surface area contributed by atoms with Crippen molar-refractivity contribution in [3.8, 4) is 5.75 Å². The van der Waals surface area contributed by atoms with Gasteiger partial charge in [0.15, 0.2) is 6.10 Å². The molecule has 0 bridgehead atoms. The molecule has 0 saturated carbocycles. The first-order valence-electron chi connectivity index (χ1n) is 8.53. The monoisotopic (exact) mass is 445 g/mol. The molecule has 0 saturated heterocycles. The van der Waals surface area contributed by atoms with E-state index in [4.69, 9.17) is 9.47 Å². The number of nitrogens with one attached hydrogen (secondary N) is 1. The molecule has 1 atom stereocenters. The van der Waals surface area contributed by atoms with Crippen molar-refractivity contribution in [1.82, 2.24) is 0 Å². The average Bonchev–Trinajstić information content (AvgIpc) is 2.60. The van der Waals surface area contributed by atoms with E-state index in [2.05, 4.69) is 5.32 Å². The number of hydrogen-bond acceptors (Lipinski definition) is 7. The summed E-state index contributed by atoms with van der Waals surface area (Å²) in [5.41, 5.74) is 1.48. The van der Waals surface area contributed by atoms with Gasteiger partial charge >= 0.3 is 5.88 Å². The summed E-state index contributed by atoms with van der Waals surface area (Å²) in [5, 5.41) is 13.4. The molecular weight excluding hydrogens is 423 g/mol. The molecule has 0 aromatic heterocycles. The summed E-state index contributed by atoms with van der Waals surface area (Å²) in [4.78, 5) is 22.4. The fraction of sp³-hybridized carbons (Fsp3) is 0.316. The largest absolute Gasteiger partial charge is 0.496 e. The van der Waals surface area contributed by atoms with Crippen molar-refractivity contribution in [2.75, 3.05) is 25.4 Å². The molecule has 30 heavy (non-hydrogen) atoms. The summed E-state index contributed by atoms with van der Waals surface area (Å²) < 4.78 is 35.1. The van der Waals surface area contributed by atoms with Gasteiger partial charge in [-0.3, -0.25) is 14.9 Å². The maximum absolute atomic E-state index is 12.8. The Hall–Kier alpha value is -1.98. The molecule has 2 aromatic carbocycles. The van der Waals surface area contributed by atoms with Crippen LogP contribution in [0.25, 0.3) is 0 Å². The van der Waals surface area contributed by atoms with Crippen LogP contribution in [0.4, 0.5) is 5.69 Å². The Morgan fingerprint density at radius 3 is 2.23 bits per heavy atom. The fourth-order valence-corrected chi connectivity index (χ4v) is 4.69. The molecule has 1 N–H and O–H groups in total. The number of amides is 1. The molecule has 11 heteroatoms. The van der Waals surface area contributed by atoms with Crippen molar-refractivity contribution in [3.05, 3.63) is 63.2 Å². The number of carbonyl (C=O) groups excluding carboxylic acids is 1. The molecule has 0 fully saturated rings. The predicted octanol–water partition coefficient (Wildman–Crippen LogP) is 2.27. The Kier molecular flexibility index (Phi) is 9.44. The van der Waals surface area contributed by atoms with Gasteiger partial charge in [0.05, 0.1) is 12.0 Å². The number of nitro groups is 1. The summed E-state index contributed by atoms with van der Waals surface area (Å²) >= 11 is 0. The van der Waals surface area contributed by atoms with Gasteiger partial charge in [-0.15, -0.1) is 0 Å². The zero-order chi connectivity index (χ0) is 21.8. The van der Waals surface area contributed by atoms with Crippen LogP contribution in [-0.2, 0) is 19.4 Å². The molecule has 1 amide bonds. The van der Waals surface area contributed by atoms with Crippen molar-refractivity contribution in [3.63, 3.8) is 0 Å². The van der Waals surface area contributed by atoms with Gasteiger partial charge in [0, 0.05) is 52.8 Å². The third-order valence-electron chi connectivity index (χ3n) is 4.21. The molecule has 9 nitrogen and oxygen atoms in total. The van der Waals surface area contributed by atoms with Gasteiger partial charge in [0.2, 0.25) is 9.84 Å². The van der Waals surface area contributed by atoms with Crippen LogP contribution in [0, 0.1) is 24.0 Å². The molecule has 2 aromatic rings. The molecule has 1 radical (unpaired) electrons. The van der Waals surface area contributed by atoms with E-state index in [-0.39, 0.29) is 34.5 Å². The van der Waals surface area contributed by atoms with Crippen LogP contribution >= 0.6 is 0 Å². The van der Waals surface area contributed by atoms with Crippen LogP contribution in [-0.4, -0.2) is 68.9 Å². The van der Waals surface area contributed by atoms with Crippen LogP contribution in [0.1, 0.15) is 22.8 Å². The van der Waals surface area contributed by atoms with Crippen LogP contribution in [0.2, 0.25) is 0 Å². The second-order valence-electron chi connectivity index (χ2n) is 6.36. The van der Waals surface area contributed by atoms with Crippen LogP contribution in [0.15, 0.2) is 41.3 Å². The molecule has 2 rings (SSSR count). The number of rotatable bonds is 8. The molecule has 1 unspecified atom stereocenters. The number of hydrogen-bond donors (Lipinski definition) is 1. The summed E-state index contributed by atoms with van der Waals surface area (Å²) in [7, 11) is -1.22. The van der Waals surface area contributed by atoms with Gasteiger partial charge < -0.3 is 14.8 Å². The third kappa shape index (κ3) is 6.02. The van der Waals surface area contributed by atoms with E-state index in [0.29, 0.717) is 28.1 Å². The first-order valence-corrected chi connectivity index (χ1v) is 10.2. The van der Waals surface area contributed by atoms with E-state index in [1.807, 2.05) is 0 Å². The van der Waals surface area contributed by atoms with Crippen LogP contribution in [0.5, 0.6) is 5.75 Å². The number of sulfone groups is 1. The van der Waals surface area contributed by atoms with E-state index in [1.165, 1.54) is 40.2 Å². The summed E-state index contributed by atoms with van der Waals surface area (Å²) in [6.45, 7) is 3.03. The fourth-order valence-electron chi connectivity index (χ4n) is 3.18. The molecule has 0 aliphatic carbocycles. The summed E-state index contributed by atoms with van der Waals surface area (Å²) in [5.74, 6) is -1.18. The molecule has 0 heterocycles. The van der Waals surface area contributed by atoms with Gasteiger partial charge in [-0.1, -0.05) is 18.2 Å². The molecule has 0 spiro atoms. The maximum atomic E-state index is 12.8. The number of anilines is 1. The Morgan fingerprint density at radius 2 is 1.73 bits per heavy atom. The standard InChI is InChI=1S/C19H22N2O7S.Na/c1-12-9-14(10-13(2)18(12)29(25,26)11-21(23)24)20-19(22)17(28-4)15-7-5-6-8-16(15)27-3;/h5-10,17H,11H2,1-4H3,(H,20,22);. The van der Waals surface area contributed by atoms with Gasteiger partial charge in [-0.05, 0) is 43.2 Å². The minimum atomic E-state index is -4.09. The molecule has 0 aliphatic heterocycles. The summed E-state index contributed by atoms with van der Waals surface area (Å²) in [6.07, 6.45) is -0.954. The topological polar surface area (TPSA) is 125 Å². The molecule has 0 aliphatic rings. The van der Waals surface area contributed by atoms with Gasteiger partial charge in [-0.25, -0.2) is 8.42 Å². The van der Waals surface area contributed by atoms with Crippen molar-refractivity contribution < 1.29 is 27.6 Å². The Morgan fingerprint density at radius 1 is 1.17 bits per heavy atom. The van der Waals surface area contributed by atoms with Gasteiger partial charge in [-0.2, -0.15) is 0 Å². The van der Waals surface area contributed by atoms with Gasteiger partial charge in [0.25, 0.3) is 5.91 Å². The maximum Gasteiger partial charge on any atom is 0.305 e. The van der Waals surface area contributed by atoms with Gasteiger partial charge in [0.1, 0.15) is 5.75 Å². The minimum Gasteiger partial charge on any atom is -0.496 e. The Labute approximate surface area is 197 Å². The van der Waals surface area contributed by atoms with Crippen molar-refractivity contribution in [2.24, 2.45) is 0 Å². The number of benzene rings is 2. The second kappa shape index (κ2) is 10.9. The minimum absolute atomic E-state index is 0. The smallest absolute Gasteiger partial charge is 0.305 e. The molecular formula is C19H22N2NaO7S. The van der Waals surface area contributed by atoms with E-state index in [1.54, 1.807) is 24.3 Å². The second-order valence-corrected chi connectivity index (χ2v) is 8.26. The SMILES string of the molecule is COc1ccccc1C(OC)C(=O)Nc1cc(C)c(S(=O)(=O)C[N+](=O)[O-])c(C)c1.[Na]. The number of ether oxygens (including phenoxy) is 2. The Bertz CT molecular complexity index is 1020. The molecule has 157 valence electrons. The van der Waals surface area contributed by atoms with Crippen molar-refractivity contribution >= 4 is 51.0 Å². The normalized spacial score (nSPS) is 11.9. The quantitative estimate of drug-likeness (QED) is 0.375. The number of nitrogens with zero attached hydrogens (tertiary/aromatic N) is 1. The number of carbonyl (C=O) groups is 1. The van der Waals surface area contributed by atoms with E-state index >= 15 is 0 Å². The van der Waals surface area contributed by atoms with Crippen LogP contribution in [0.3, 0.4) is 0 Å². The van der Waals surface area contributed by atoms with Crippen molar-refractivity contribution in [1.29, 1.82) is 0 Å². The van der Waals surface area contributed by atoms with Crippen molar-refractivity contribution in [2.45, 2.75) is 24.8 Å². The van der Waals surface area contributed by atoms with E-state index in [9.17, 15) is 23.3 Å². The van der Waals surface area contributed by atoms with Crippen LogP contribution < -0.4 is 10.1 Å². The van der Waals surface area contributed by atoms with E-state index in [0.717, 1.165) is 0 Å². The average molecular weight is 445 g/mol. The number of para-hydroxylation sites is 1. The zero-order valence-corrected chi connectivity index (χ0v) is 20.3. The zero-order valence-electron chi connectivity index (χ0n) is 17.5. The predicted molar refractivity (Wildman–Crippen MR) is 112 cm³/mol. The number of methoxy groups -OCH3 is 2. The Balaban J connectivity index is 0.00000450. The first-order chi connectivity index (χ1) is 13.6.